The molecular weight excluding hydrogens is 264 g/mol. The van der Waals surface area contributed by atoms with Crippen LogP contribution in [0.4, 0.5) is 5.69 Å². The lowest BCUT2D eigenvalue weighted by Crippen LogP contribution is -2.52. The summed E-state index contributed by atoms with van der Waals surface area (Å²) in [7, 11) is 2.02. The number of carbonyl (C=O) groups is 1. The smallest absolute Gasteiger partial charge is 0.323 e. The van der Waals surface area contributed by atoms with E-state index in [2.05, 4.69) is 42.3 Å². The van der Waals surface area contributed by atoms with Gasteiger partial charge >= 0.3 is 5.97 Å². The fourth-order valence-electron chi connectivity index (χ4n) is 2.66. The minimum absolute atomic E-state index is 0.387. The molecule has 116 valence electrons. The number of aryl methyl sites for hydroxylation is 2. The molecular formula is C17H26N2O2. The summed E-state index contributed by atoms with van der Waals surface area (Å²) in [6.45, 7) is 6.69. The van der Waals surface area contributed by atoms with Gasteiger partial charge in [-0.15, -0.1) is 0 Å². The van der Waals surface area contributed by atoms with Crippen LogP contribution in [0, 0.1) is 13.8 Å². The Balaban J connectivity index is 2.00. The molecule has 0 amide bonds. The van der Waals surface area contributed by atoms with E-state index in [-0.39, 0.29) is 0 Å². The highest BCUT2D eigenvalue weighted by molar-refractivity contribution is 5.78. The Hall–Kier alpha value is -1.55. The summed E-state index contributed by atoms with van der Waals surface area (Å²) in [5.41, 5.74) is 2.80. The van der Waals surface area contributed by atoms with Crippen LogP contribution in [0.25, 0.3) is 0 Å². The van der Waals surface area contributed by atoms with E-state index in [0.29, 0.717) is 19.0 Å². The number of nitrogens with zero attached hydrogens (tertiary/aromatic N) is 1. The number of hydrogen-bond acceptors (Lipinski definition) is 3. The first kappa shape index (κ1) is 15.8. The van der Waals surface area contributed by atoms with E-state index >= 15 is 0 Å². The van der Waals surface area contributed by atoms with E-state index in [4.69, 9.17) is 0 Å². The van der Waals surface area contributed by atoms with Gasteiger partial charge in [-0.05, 0) is 51.7 Å². The molecule has 1 fully saturated rings. The Morgan fingerprint density at radius 2 is 2.10 bits per heavy atom. The fourth-order valence-corrected chi connectivity index (χ4v) is 2.66. The number of aliphatic carboxylic acids is 1. The second-order valence-electron chi connectivity index (χ2n) is 6.52. The molecule has 1 aliphatic rings. The topological polar surface area (TPSA) is 52.6 Å². The third kappa shape index (κ3) is 3.97. The summed E-state index contributed by atoms with van der Waals surface area (Å²) >= 11 is 0. The van der Waals surface area contributed by atoms with Gasteiger partial charge in [-0.3, -0.25) is 10.1 Å². The first-order valence-corrected chi connectivity index (χ1v) is 7.61. The second-order valence-corrected chi connectivity index (χ2v) is 6.52. The zero-order valence-electron chi connectivity index (χ0n) is 13.4. The van der Waals surface area contributed by atoms with E-state index in [1.165, 1.54) is 16.8 Å². The fraction of sp³-hybridized carbons (Fsp3) is 0.588. The van der Waals surface area contributed by atoms with Crippen LogP contribution in [0.3, 0.4) is 0 Å². The Kier molecular flexibility index (Phi) is 4.57. The molecule has 0 saturated heterocycles. The molecule has 1 atom stereocenters. The van der Waals surface area contributed by atoms with Crippen LogP contribution in [-0.4, -0.2) is 36.2 Å². The van der Waals surface area contributed by atoms with Crippen molar-refractivity contribution in [2.24, 2.45) is 0 Å². The highest BCUT2D eigenvalue weighted by atomic mass is 16.4. The van der Waals surface area contributed by atoms with Crippen LogP contribution in [0.5, 0.6) is 0 Å². The number of rotatable bonds is 7. The van der Waals surface area contributed by atoms with Gasteiger partial charge in [0.25, 0.3) is 0 Å². The lowest BCUT2D eigenvalue weighted by Gasteiger charge is -2.30. The molecule has 0 aliphatic heterocycles. The van der Waals surface area contributed by atoms with E-state index in [9.17, 15) is 9.90 Å². The Morgan fingerprint density at radius 3 is 2.62 bits per heavy atom. The summed E-state index contributed by atoms with van der Waals surface area (Å²) in [6, 6.07) is 6.75. The van der Waals surface area contributed by atoms with E-state index < -0.39 is 11.5 Å². The van der Waals surface area contributed by atoms with Gasteiger partial charge in [0.2, 0.25) is 0 Å². The minimum Gasteiger partial charge on any atom is -0.480 e. The van der Waals surface area contributed by atoms with Crippen molar-refractivity contribution in [1.29, 1.82) is 0 Å². The molecule has 2 rings (SSSR count). The predicted octanol–water partition coefficient (Wildman–Crippen LogP) is 2.73. The van der Waals surface area contributed by atoms with Crippen LogP contribution in [0.1, 0.15) is 37.3 Å². The van der Waals surface area contributed by atoms with Gasteiger partial charge < -0.3 is 10.0 Å². The second kappa shape index (κ2) is 6.06. The van der Waals surface area contributed by atoms with Crippen molar-refractivity contribution >= 4 is 11.7 Å². The zero-order chi connectivity index (χ0) is 15.6. The highest BCUT2D eigenvalue weighted by Crippen LogP contribution is 2.26. The Morgan fingerprint density at radius 1 is 1.43 bits per heavy atom. The van der Waals surface area contributed by atoms with Crippen molar-refractivity contribution in [3.63, 3.8) is 0 Å². The van der Waals surface area contributed by atoms with E-state index in [1.54, 1.807) is 6.92 Å². The Bertz CT molecular complexity index is 526. The monoisotopic (exact) mass is 290 g/mol. The third-order valence-electron chi connectivity index (χ3n) is 4.28. The van der Waals surface area contributed by atoms with Crippen molar-refractivity contribution in [2.75, 3.05) is 18.5 Å². The van der Waals surface area contributed by atoms with Gasteiger partial charge in [-0.2, -0.15) is 0 Å². The summed E-state index contributed by atoms with van der Waals surface area (Å²) < 4.78 is 0. The normalized spacial score (nSPS) is 17.3. The number of hydrogen-bond donors (Lipinski definition) is 2. The van der Waals surface area contributed by atoms with Crippen molar-refractivity contribution in [1.82, 2.24) is 5.32 Å². The highest BCUT2D eigenvalue weighted by Gasteiger charge is 2.38. The van der Waals surface area contributed by atoms with Crippen LogP contribution in [-0.2, 0) is 4.79 Å². The summed E-state index contributed by atoms with van der Waals surface area (Å²) in [4.78, 5) is 13.7. The molecule has 1 aromatic carbocycles. The molecule has 1 aromatic rings. The van der Waals surface area contributed by atoms with Gasteiger partial charge in [0.15, 0.2) is 0 Å². The summed E-state index contributed by atoms with van der Waals surface area (Å²) in [5, 5.41) is 12.8. The van der Waals surface area contributed by atoms with Gasteiger partial charge in [-0.25, -0.2) is 0 Å². The van der Waals surface area contributed by atoms with Crippen LogP contribution >= 0.6 is 0 Å². The zero-order valence-corrected chi connectivity index (χ0v) is 13.4. The lowest BCUT2D eigenvalue weighted by atomic mass is 9.97. The third-order valence-corrected chi connectivity index (χ3v) is 4.28. The maximum Gasteiger partial charge on any atom is 0.323 e. The first-order valence-electron chi connectivity index (χ1n) is 7.61. The summed E-state index contributed by atoms with van der Waals surface area (Å²) in [6.07, 6.45) is 2.77. The van der Waals surface area contributed by atoms with Crippen molar-refractivity contribution in [3.8, 4) is 0 Å². The Labute approximate surface area is 127 Å². The molecule has 0 heterocycles. The molecule has 1 saturated carbocycles. The van der Waals surface area contributed by atoms with Gasteiger partial charge in [0.1, 0.15) is 5.54 Å². The van der Waals surface area contributed by atoms with Crippen LogP contribution in [0.15, 0.2) is 18.2 Å². The van der Waals surface area contributed by atoms with Crippen LogP contribution in [0.2, 0.25) is 0 Å². The predicted molar refractivity (Wildman–Crippen MR) is 86.0 cm³/mol. The van der Waals surface area contributed by atoms with Crippen LogP contribution < -0.4 is 10.2 Å². The number of benzene rings is 1. The number of anilines is 1. The molecule has 0 aromatic heterocycles. The standard InChI is InChI=1S/C17H26N2O2/c1-12-5-8-15(13(2)11-12)19(4)10-9-17(3,16(20)21)18-14-6-7-14/h5,8,11,14,18H,6-7,9-10H2,1-4H3,(H,20,21). The van der Waals surface area contributed by atoms with Gasteiger partial charge in [-0.1, -0.05) is 17.7 Å². The van der Waals surface area contributed by atoms with Crippen molar-refractivity contribution < 1.29 is 9.90 Å². The molecule has 2 N–H and O–H groups in total. The van der Waals surface area contributed by atoms with Gasteiger partial charge in [0.05, 0.1) is 0 Å². The molecule has 0 spiro atoms. The molecule has 0 bridgehead atoms. The number of nitrogens with one attached hydrogen (secondary N) is 1. The quantitative estimate of drug-likeness (QED) is 0.811. The molecule has 1 aliphatic carbocycles. The average molecular weight is 290 g/mol. The number of carboxylic acids is 1. The van der Waals surface area contributed by atoms with E-state index in [0.717, 1.165) is 12.8 Å². The maximum atomic E-state index is 11.6. The molecule has 1 unspecified atom stereocenters. The lowest BCUT2D eigenvalue weighted by molar-refractivity contribution is -0.144. The van der Waals surface area contributed by atoms with Crippen molar-refractivity contribution in [2.45, 2.75) is 51.6 Å². The van der Waals surface area contributed by atoms with E-state index in [1.807, 2.05) is 7.05 Å². The van der Waals surface area contributed by atoms with Crippen molar-refractivity contribution in [3.05, 3.63) is 29.3 Å². The molecule has 4 nitrogen and oxygen atoms in total. The molecule has 0 radical (unpaired) electrons. The largest absolute Gasteiger partial charge is 0.480 e. The first-order chi connectivity index (χ1) is 9.82. The summed E-state index contributed by atoms with van der Waals surface area (Å²) in [5.74, 6) is -0.761. The SMILES string of the molecule is Cc1ccc(N(C)CCC(C)(NC2CC2)C(=O)O)c(C)c1. The minimum atomic E-state index is -0.839. The maximum absolute atomic E-state index is 11.6. The average Bonchev–Trinajstić information content (AvgIpc) is 3.19. The molecule has 21 heavy (non-hydrogen) atoms. The number of carboxylic acid groups (broad SMARTS) is 1. The van der Waals surface area contributed by atoms with Gasteiger partial charge in [0, 0.05) is 25.3 Å². The molecule has 4 heteroatoms.